The van der Waals surface area contributed by atoms with Gasteiger partial charge < -0.3 is 14.6 Å². The van der Waals surface area contributed by atoms with Gasteiger partial charge in [0.15, 0.2) is 0 Å². The number of rotatable bonds is 6. The lowest BCUT2D eigenvalue weighted by Gasteiger charge is -2.18. The molecule has 0 heterocycles. The summed E-state index contributed by atoms with van der Waals surface area (Å²) in [6, 6.07) is 13.4. The number of carbonyl (C=O) groups excluding carboxylic acids is 2. The second-order valence-corrected chi connectivity index (χ2v) is 6.95. The van der Waals surface area contributed by atoms with Crippen molar-refractivity contribution in [2.45, 2.75) is 38.5 Å². The lowest BCUT2D eigenvalue weighted by Crippen LogP contribution is -2.28. The van der Waals surface area contributed by atoms with Crippen LogP contribution >= 0.6 is 0 Å². The molecule has 2 unspecified atom stereocenters. The predicted molar refractivity (Wildman–Crippen MR) is 97.9 cm³/mol. The van der Waals surface area contributed by atoms with Gasteiger partial charge in [0.1, 0.15) is 11.5 Å². The van der Waals surface area contributed by atoms with Crippen molar-refractivity contribution >= 4 is 11.8 Å². The summed E-state index contributed by atoms with van der Waals surface area (Å²) in [7, 11) is 1.62. The summed E-state index contributed by atoms with van der Waals surface area (Å²) in [6.07, 6.45) is 3.25. The standard InChI is InChI=1S/C22H24O4/c1-14(22(24)25)16-6-7-17(12-18-4-3-5-21(18)23)20(13-16)15-8-10-19(26-2)11-9-15/h6-11,13-14,18H,3-5,12H2,1-2H3,(H,24,25)/p-1. The van der Waals surface area contributed by atoms with Gasteiger partial charge in [-0.25, -0.2) is 0 Å². The van der Waals surface area contributed by atoms with E-state index in [0.717, 1.165) is 35.3 Å². The fraction of sp³-hybridized carbons (Fsp3) is 0.364. The molecule has 4 heteroatoms. The number of Topliss-reactive ketones (excluding diaryl/α,β-unsaturated/α-hetero) is 1. The molecule has 0 saturated heterocycles. The summed E-state index contributed by atoms with van der Waals surface area (Å²) >= 11 is 0. The van der Waals surface area contributed by atoms with E-state index in [1.54, 1.807) is 14.0 Å². The zero-order chi connectivity index (χ0) is 18.7. The Morgan fingerprint density at radius 2 is 1.96 bits per heavy atom. The van der Waals surface area contributed by atoms with Crippen LogP contribution in [0.25, 0.3) is 11.1 Å². The van der Waals surface area contributed by atoms with E-state index in [9.17, 15) is 14.7 Å². The third kappa shape index (κ3) is 3.79. The average molecular weight is 351 g/mol. The van der Waals surface area contributed by atoms with Gasteiger partial charge in [0.2, 0.25) is 0 Å². The molecule has 26 heavy (non-hydrogen) atoms. The molecule has 2 atom stereocenters. The van der Waals surface area contributed by atoms with Crippen LogP contribution in [0.4, 0.5) is 0 Å². The van der Waals surface area contributed by atoms with E-state index in [1.165, 1.54) is 0 Å². The Morgan fingerprint density at radius 3 is 2.54 bits per heavy atom. The van der Waals surface area contributed by atoms with Crippen molar-refractivity contribution in [1.29, 1.82) is 0 Å². The van der Waals surface area contributed by atoms with Crippen molar-refractivity contribution in [2.75, 3.05) is 7.11 Å². The Kier molecular flexibility index (Phi) is 5.40. The van der Waals surface area contributed by atoms with Gasteiger partial charge in [-0.2, -0.15) is 0 Å². The zero-order valence-electron chi connectivity index (χ0n) is 15.2. The van der Waals surface area contributed by atoms with E-state index in [2.05, 4.69) is 0 Å². The van der Waals surface area contributed by atoms with Crippen LogP contribution < -0.4 is 9.84 Å². The molecule has 3 rings (SSSR count). The van der Waals surface area contributed by atoms with Gasteiger partial charge >= 0.3 is 0 Å². The van der Waals surface area contributed by atoms with Crippen molar-refractivity contribution < 1.29 is 19.4 Å². The average Bonchev–Trinajstić information content (AvgIpc) is 3.06. The number of methoxy groups -OCH3 is 1. The summed E-state index contributed by atoms with van der Waals surface area (Å²) in [4.78, 5) is 23.3. The Labute approximate surface area is 153 Å². The number of ether oxygens (including phenoxy) is 1. The Bertz CT molecular complexity index is 807. The normalized spacial score (nSPS) is 17.9. The lowest BCUT2D eigenvalue weighted by molar-refractivity contribution is -0.307. The predicted octanol–water partition coefficient (Wildman–Crippen LogP) is 3.13. The molecule has 0 aliphatic heterocycles. The zero-order valence-corrected chi connectivity index (χ0v) is 15.2. The van der Waals surface area contributed by atoms with Crippen LogP contribution in [0, 0.1) is 5.92 Å². The summed E-state index contributed by atoms with van der Waals surface area (Å²) in [6.45, 7) is 1.63. The minimum Gasteiger partial charge on any atom is -0.550 e. The van der Waals surface area contributed by atoms with E-state index in [0.29, 0.717) is 24.2 Å². The van der Waals surface area contributed by atoms with E-state index < -0.39 is 11.9 Å². The quantitative estimate of drug-likeness (QED) is 0.802. The summed E-state index contributed by atoms with van der Waals surface area (Å²) in [5.74, 6) is -0.617. The first-order valence-corrected chi connectivity index (χ1v) is 9.00. The molecule has 1 aliphatic rings. The van der Waals surface area contributed by atoms with Crippen LogP contribution in [-0.4, -0.2) is 18.9 Å². The third-order valence-electron chi connectivity index (χ3n) is 5.29. The smallest absolute Gasteiger partial charge is 0.136 e. The van der Waals surface area contributed by atoms with Crippen LogP contribution in [0.3, 0.4) is 0 Å². The SMILES string of the molecule is COc1ccc(-c2cc(C(C)C(=O)[O-])ccc2CC2CCCC2=O)cc1. The van der Waals surface area contributed by atoms with E-state index in [-0.39, 0.29) is 5.92 Å². The molecule has 0 N–H and O–H groups in total. The van der Waals surface area contributed by atoms with Gasteiger partial charge in [-0.3, -0.25) is 4.79 Å². The maximum Gasteiger partial charge on any atom is 0.136 e. The molecule has 0 radical (unpaired) electrons. The molecular formula is C22H23O4-. The molecule has 2 aromatic carbocycles. The summed E-state index contributed by atoms with van der Waals surface area (Å²) in [5, 5.41) is 11.3. The van der Waals surface area contributed by atoms with Gasteiger partial charge in [-0.1, -0.05) is 37.3 Å². The van der Waals surface area contributed by atoms with Crippen molar-refractivity contribution in [2.24, 2.45) is 5.92 Å². The number of aliphatic carboxylic acids is 1. The van der Waals surface area contributed by atoms with Gasteiger partial charge in [0.05, 0.1) is 7.11 Å². The van der Waals surface area contributed by atoms with Crippen LogP contribution in [0.5, 0.6) is 5.75 Å². The highest BCUT2D eigenvalue weighted by atomic mass is 16.5. The highest BCUT2D eigenvalue weighted by molar-refractivity contribution is 5.83. The van der Waals surface area contributed by atoms with E-state index in [4.69, 9.17) is 4.74 Å². The molecule has 1 aliphatic carbocycles. The molecule has 0 amide bonds. The second-order valence-electron chi connectivity index (χ2n) is 6.95. The van der Waals surface area contributed by atoms with E-state index >= 15 is 0 Å². The molecule has 4 nitrogen and oxygen atoms in total. The molecular weight excluding hydrogens is 328 g/mol. The van der Waals surface area contributed by atoms with Crippen molar-refractivity contribution in [3.8, 4) is 16.9 Å². The molecule has 0 aromatic heterocycles. The van der Waals surface area contributed by atoms with Crippen molar-refractivity contribution in [3.63, 3.8) is 0 Å². The molecule has 0 spiro atoms. The fourth-order valence-corrected chi connectivity index (χ4v) is 3.59. The molecule has 1 fully saturated rings. The van der Waals surface area contributed by atoms with Gasteiger partial charge in [-0.05, 0) is 53.6 Å². The number of carboxylic acids is 1. The van der Waals surface area contributed by atoms with Gasteiger partial charge in [0, 0.05) is 24.2 Å². The number of benzene rings is 2. The first kappa shape index (κ1) is 18.2. The van der Waals surface area contributed by atoms with Crippen molar-refractivity contribution in [3.05, 3.63) is 53.6 Å². The molecule has 1 saturated carbocycles. The largest absolute Gasteiger partial charge is 0.550 e. The Hall–Kier alpha value is -2.62. The Balaban J connectivity index is 2.01. The lowest BCUT2D eigenvalue weighted by atomic mass is 9.88. The number of hydrogen-bond acceptors (Lipinski definition) is 4. The number of carbonyl (C=O) groups is 2. The van der Waals surface area contributed by atoms with Gasteiger partial charge in [-0.15, -0.1) is 0 Å². The van der Waals surface area contributed by atoms with Gasteiger partial charge in [0.25, 0.3) is 0 Å². The molecule has 0 bridgehead atoms. The number of hydrogen-bond donors (Lipinski definition) is 0. The monoisotopic (exact) mass is 351 g/mol. The van der Waals surface area contributed by atoms with E-state index in [1.807, 2.05) is 42.5 Å². The molecule has 136 valence electrons. The number of carboxylic acid groups (broad SMARTS) is 1. The first-order chi connectivity index (χ1) is 12.5. The van der Waals surface area contributed by atoms with Crippen molar-refractivity contribution in [1.82, 2.24) is 0 Å². The summed E-state index contributed by atoms with van der Waals surface area (Å²) in [5.41, 5.74) is 3.73. The summed E-state index contributed by atoms with van der Waals surface area (Å²) < 4.78 is 5.22. The second kappa shape index (κ2) is 7.73. The van der Waals surface area contributed by atoms with Crippen LogP contribution in [0.1, 0.15) is 43.2 Å². The highest BCUT2D eigenvalue weighted by Crippen LogP contribution is 2.33. The highest BCUT2D eigenvalue weighted by Gasteiger charge is 2.25. The first-order valence-electron chi connectivity index (χ1n) is 9.00. The topological polar surface area (TPSA) is 66.4 Å². The number of ketones is 1. The molecule has 2 aromatic rings. The van der Waals surface area contributed by atoms with Crippen LogP contribution in [0.15, 0.2) is 42.5 Å². The maximum atomic E-state index is 12.1. The van der Waals surface area contributed by atoms with Crippen LogP contribution in [-0.2, 0) is 16.0 Å². The minimum absolute atomic E-state index is 0.0661. The third-order valence-corrected chi connectivity index (χ3v) is 5.29. The Morgan fingerprint density at radius 1 is 1.23 bits per heavy atom. The van der Waals surface area contributed by atoms with Crippen LogP contribution in [0.2, 0.25) is 0 Å². The maximum absolute atomic E-state index is 12.1. The minimum atomic E-state index is -1.09. The fourth-order valence-electron chi connectivity index (χ4n) is 3.59.